The van der Waals surface area contributed by atoms with Crippen molar-refractivity contribution in [1.82, 2.24) is 15.5 Å². The first kappa shape index (κ1) is 20.2. The van der Waals surface area contributed by atoms with Crippen LogP contribution in [-0.2, 0) is 14.3 Å². The molecule has 144 valence electrons. The second-order valence-corrected chi connectivity index (χ2v) is 6.29. The molecule has 0 atom stereocenters. The van der Waals surface area contributed by atoms with Crippen LogP contribution in [0.5, 0.6) is 5.75 Å². The van der Waals surface area contributed by atoms with Gasteiger partial charge in [0.1, 0.15) is 5.75 Å². The van der Waals surface area contributed by atoms with E-state index in [-0.39, 0.29) is 24.3 Å². The van der Waals surface area contributed by atoms with Gasteiger partial charge in [0.2, 0.25) is 5.91 Å². The minimum Gasteiger partial charge on any atom is -0.484 e. The van der Waals surface area contributed by atoms with Crippen LogP contribution < -0.4 is 15.4 Å². The van der Waals surface area contributed by atoms with Gasteiger partial charge in [0, 0.05) is 45.8 Å². The van der Waals surface area contributed by atoms with E-state index in [0.29, 0.717) is 44.8 Å². The van der Waals surface area contributed by atoms with Crippen molar-refractivity contribution >= 4 is 11.8 Å². The monoisotopic (exact) mass is 363 g/mol. The van der Waals surface area contributed by atoms with Crippen LogP contribution in [0.4, 0.5) is 0 Å². The van der Waals surface area contributed by atoms with Crippen LogP contribution in [0.25, 0.3) is 0 Å². The summed E-state index contributed by atoms with van der Waals surface area (Å²) < 4.78 is 10.4. The summed E-state index contributed by atoms with van der Waals surface area (Å²) in [5, 5.41) is 6.14. The largest absolute Gasteiger partial charge is 0.484 e. The Bertz CT molecular complexity index is 545. The Labute approximate surface area is 155 Å². The number of hydrogen-bond acceptors (Lipinski definition) is 5. The molecule has 1 aliphatic rings. The molecule has 0 spiro atoms. The number of likely N-dealkylation sites (tertiary alicyclic amines) is 1. The number of rotatable bonds is 10. The predicted molar refractivity (Wildman–Crippen MR) is 99.0 cm³/mol. The fourth-order valence-corrected chi connectivity index (χ4v) is 2.86. The summed E-state index contributed by atoms with van der Waals surface area (Å²) in [7, 11) is 1.66. The topological polar surface area (TPSA) is 79.9 Å². The maximum atomic E-state index is 12.2. The Morgan fingerprint density at radius 1 is 1.12 bits per heavy atom. The minimum absolute atomic E-state index is 0.0203. The van der Waals surface area contributed by atoms with Gasteiger partial charge in [-0.15, -0.1) is 0 Å². The first-order valence-electron chi connectivity index (χ1n) is 9.13. The van der Waals surface area contributed by atoms with Gasteiger partial charge >= 0.3 is 0 Å². The van der Waals surface area contributed by atoms with Gasteiger partial charge in [0.05, 0.1) is 6.61 Å². The zero-order valence-corrected chi connectivity index (χ0v) is 15.4. The van der Waals surface area contributed by atoms with Crippen molar-refractivity contribution in [3.63, 3.8) is 0 Å². The van der Waals surface area contributed by atoms with E-state index >= 15 is 0 Å². The van der Waals surface area contributed by atoms with Gasteiger partial charge in [-0.3, -0.25) is 9.59 Å². The average molecular weight is 363 g/mol. The summed E-state index contributed by atoms with van der Waals surface area (Å²) in [5.41, 5.74) is 0. The van der Waals surface area contributed by atoms with Crippen molar-refractivity contribution in [2.24, 2.45) is 5.92 Å². The molecule has 1 aromatic rings. The van der Waals surface area contributed by atoms with Crippen LogP contribution in [0.1, 0.15) is 12.8 Å². The number of nitrogens with zero attached hydrogens (tertiary/aromatic N) is 1. The summed E-state index contributed by atoms with van der Waals surface area (Å²) in [4.78, 5) is 26.2. The molecule has 0 aliphatic carbocycles. The van der Waals surface area contributed by atoms with Crippen molar-refractivity contribution < 1.29 is 19.1 Å². The molecular weight excluding hydrogens is 334 g/mol. The highest BCUT2D eigenvalue weighted by molar-refractivity contribution is 5.80. The Hall–Kier alpha value is -2.12. The van der Waals surface area contributed by atoms with Gasteiger partial charge in [-0.2, -0.15) is 0 Å². The van der Waals surface area contributed by atoms with Crippen LogP contribution >= 0.6 is 0 Å². The lowest BCUT2D eigenvalue weighted by Gasteiger charge is -2.31. The molecule has 26 heavy (non-hydrogen) atoms. The smallest absolute Gasteiger partial charge is 0.260 e. The van der Waals surface area contributed by atoms with Gasteiger partial charge in [-0.05, 0) is 25.0 Å². The summed E-state index contributed by atoms with van der Waals surface area (Å²) in [6.45, 7) is 4.00. The third kappa shape index (κ3) is 7.01. The zero-order chi connectivity index (χ0) is 18.6. The van der Waals surface area contributed by atoms with E-state index in [9.17, 15) is 9.59 Å². The molecule has 0 unspecified atom stereocenters. The maximum Gasteiger partial charge on any atom is 0.260 e. The van der Waals surface area contributed by atoms with Gasteiger partial charge in [0.15, 0.2) is 6.61 Å². The molecule has 1 saturated heterocycles. The van der Waals surface area contributed by atoms with Crippen LogP contribution in [0.3, 0.4) is 0 Å². The lowest BCUT2D eigenvalue weighted by atomic mass is 9.96. The van der Waals surface area contributed by atoms with E-state index in [4.69, 9.17) is 9.47 Å². The molecule has 0 bridgehead atoms. The molecule has 0 aromatic heterocycles. The van der Waals surface area contributed by atoms with Crippen LogP contribution in [0, 0.1) is 5.92 Å². The third-order valence-corrected chi connectivity index (χ3v) is 4.41. The maximum absolute atomic E-state index is 12.2. The van der Waals surface area contributed by atoms with Crippen molar-refractivity contribution in [1.29, 1.82) is 0 Å². The van der Waals surface area contributed by atoms with Crippen molar-refractivity contribution in [3.05, 3.63) is 30.3 Å². The SMILES string of the molecule is COCCNCCNC(=O)C1CCN(C(=O)COc2ccccc2)CC1. The van der Waals surface area contributed by atoms with Crippen LogP contribution in [0.15, 0.2) is 30.3 Å². The molecule has 1 heterocycles. The molecule has 7 heteroatoms. The Kier molecular flexibility index (Phi) is 8.92. The second kappa shape index (κ2) is 11.5. The van der Waals surface area contributed by atoms with E-state index in [1.165, 1.54) is 0 Å². The van der Waals surface area contributed by atoms with Crippen molar-refractivity contribution in [3.8, 4) is 5.75 Å². The molecular formula is C19H29N3O4. The number of carbonyl (C=O) groups is 2. The number of piperidine rings is 1. The lowest BCUT2D eigenvalue weighted by Crippen LogP contribution is -2.45. The molecule has 2 N–H and O–H groups in total. The normalized spacial score (nSPS) is 14.9. The summed E-state index contributed by atoms with van der Waals surface area (Å²) >= 11 is 0. The Morgan fingerprint density at radius 2 is 1.85 bits per heavy atom. The Morgan fingerprint density at radius 3 is 2.54 bits per heavy atom. The lowest BCUT2D eigenvalue weighted by molar-refractivity contribution is -0.137. The van der Waals surface area contributed by atoms with E-state index in [1.807, 2.05) is 30.3 Å². The second-order valence-electron chi connectivity index (χ2n) is 6.29. The minimum atomic E-state index is -0.0324. The van der Waals surface area contributed by atoms with Crippen molar-refractivity contribution in [2.75, 3.05) is 53.0 Å². The zero-order valence-electron chi connectivity index (χ0n) is 15.4. The van der Waals surface area contributed by atoms with E-state index in [1.54, 1.807) is 12.0 Å². The molecule has 2 rings (SSSR count). The number of ether oxygens (including phenoxy) is 2. The number of benzene rings is 1. The molecule has 1 fully saturated rings. The van der Waals surface area contributed by atoms with E-state index in [0.717, 1.165) is 13.1 Å². The molecule has 2 amide bonds. The number of carbonyl (C=O) groups excluding carboxylic acids is 2. The van der Waals surface area contributed by atoms with E-state index < -0.39 is 0 Å². The molecule has 0 radical (unpaired) electrons. The summed E-state index contributed by atoms with van der Waals surface area (Å²) in [6, 6.07) is 9.30. The number of methoxy groups -OCH3 is 1. The molecule has 0 saturated carbocycles. The fourth-order valence-electron chi connectivity index (χ4n) is 2.86. The van der Waals surface area contributed by atoms with Crippen molar-refractivity contribution in [2.45, 2.75) is 12.8 Å². The average Bonchev–Trinajstić information content (AvgIpc) is 2.69. The van der Waals surface area contributed by atoms with Gasteiger partial charge < -0.3 is 25.0 Å². The van der Waals surface area contributed by atoms with Crippen LogP contribution in [0.2, 0.25) is 0 Å². The van der Waals surface area contributed by atoms with Gasteiger partial charge in [-0.1, -0.05) is 18.2 Å². The fraction of sp³-hybridized carbons (Fsp3) is 0.579. The summed E-state index contributed by atoms with van der Waals surface area (Å²) in [5.74, 6) is 0.712. The first-order chi connectivity index (χ1) is 12.7. The predicted octanol–water partition coefficient (Wildman–Crippen LogP) is 0.656. The number of hydrogen-bond donors (Lipinski definition) is 2. The number of nitrogens with one attached hydrogen (secondary N) is 2. The summed E-state index contributed by atoms with van der Waals surface area (Å²) in [6.07, 6.45) is 1.39. The number of para-hydroxylation sites is 1. The quantitative estimate of drug-likeness (QED) is 0.597. The highest BCUT2D eigenvalue weighted by Gasteiger charge is 2.27. The van der Waals surface area contributed by atoms with Crippen LogP contribution in [-0.4, -0.2) is 69.8 Å². The number of amides is 2. The standard InChI is InChI=1S/C19H29N3O4/c1-25-14-11-20-9-10-21-19(24)16-7-12-22(13-8-16)18(23)15-26-17-5-3-2-4-6-17/h2-6,16,20H,7-15H2,1H3,(H,21,24). The molecule has 1 aliphatic heterocycles. The van der Waals surface area contributed by atoms with Gasteiger partial charge in [0.25, 0.3) is 5.91 Å². The molecule has 7 nitrogen and oxygen atoms in total. The first-order valence-corrected chi connectivity index (χ1v) is 9.13. The van der Waals surface area contributed by atoms with E-state index in [2.05, 4.69) is 10.6 Å². The highest BCUT2D eigenvalue weighted by Crippen LogP contribution is 2.18. The highest BCUT2D eigenvalue weighted by atomic mass is 16.5. The van der Waals surface area contributed by atoms with Gasteiger partial charge in [-0.25, -0.2) is 0 Å². The molecule has 1 aromatic carbocycles. The third-order valence-electron chi connectivity index (χ3n) is 4.41. The Balaban J connectivity index is 1.60.